The van der Waals surface area contributed by atoms with Crippen molar-refractivity contribution < 1.29 is 9.84 Å². The summed E-state index contributed by atoms with van der Waals surface area (Å²) >= 11 is 0. The first-order valence-corrected chi connectivity index (χ1v) is 8.15. The Kier molecular flexibility index (Phi) is 2.74. The number of aromatic nitrogens is 1. The second-order valence-corrected chi connectivity index (χ2v) is 6.31. The van der Waals surface area contributed by atoms with Gasteiger partial charge in [-0.15, -0.1) is 0 Å². The third-order valence-corrected chi connectivity index (χ3v) is 4.94. The summed E-state index contributed by atoms with van der Waals surface area (Å²) in [6.45, 7) is 0. The van der Waals surface area contributed by atoms with E-state index in [0.717, 1.165) is 50.1 Å². The number of benzene rings is 3. The van der Waals surface area contributed by atoms with Crippen LogP contribution in [-0.4, -0.2) is 24.2 Å². The van der Waals surface area contributed by atoms with E-state index >= 15 is 0 Å². The standard InChI is InChI=1S/C21H16N2O2/c1-23-18-6-4-3-5-14(18)20-15-9-12(24)7-8-16(15)22-17-10-13(25-2)11-19(23)21(17)20/h3-11,24H,1-2H3. The molecule has 3 aromatic carbocycles. The molecule has 25 heavy (non-hydrogen) atoms. The smallest absolute Gasteiger partial charge is 0.123 e. The number of para-hydroxylation sites is 1. The topological polar surface area (TPSA) is 45.6 Å². The number of anilines is 2. The zero-order valence-corrected chi connectivity index (χ0v) is 13.9. The van der Waals surface area contributed by atoms with Crippen molar-refractivity contribution in [1.29, 1.82) is 0 Å². The summed E-state index contributed by atoms with van der Waals surface area (Å²) in [7, 11) is 3.73. The van der Waals surface area contributed by atoms with Crippen LogP contribution in [0.1, 0.15) is 0 Å². The maximum atomic E-state index is 10.0. The van der Waals surface area contributed by atoms with Gasteiger partial charge in [0.1, 0.15) is 11.5 Å². The molecular formula is C21H16N2O2. The van der Waals surface area contributed by atoms with Gasteiger partial charge in [0.15, 0.2) is 0 Å². The number of methoxy groups -OCH3 is 1. The maximum Gasteiger partial charge on any atom is 0.123 e. The number of fused-ring (bicyclic) bond motifs is 4. The second-order valence-electron chi connectivity index (χ2n) is 6.31. The van der Waals surface area contributed by atoms with Crippen LogP contribution in [-0.2, 0) is 0 Å². The highest BCUT2D eigenvalue weighted by atomic mass is 16.5. The largest absolute Gasteiger partial charge is 0.508 e. The molecule has 0 aliphatic carbocycles. The van der Waals surface area contributed by atoms with Crippen LogP contribution in [0.5, 0.6) is 11.5 Å². The maximum absolute atomic E-state index is 10.0. The first-order chi connectivity index (χ1) is 12.2. The average Bonchev–Trinajstić information content (AvgIpc) is 2.64. The predicted molar refractivity (Wildman–Crippen MR) is 101 cm³/mol. The summed E-state index contributed by atoms with van der Waals surface area (Å²) in [4.78, 5) is 6.99. The molecule has 0 saturated heterocycles. The normalized spacial score (nSPS) is 12.5. The lowest BCUT2D eigenvalue weighted by atomic mass is 9.90. The lowest BCUT2D eigenvalue weighted by Crippen LogP contribution is -2.15. The number of nitrogens with zero attached hydrogens (tertiary/aromatic N) is 2. The Morgan fingerprint density at radius 2 is 1.80 bits per heavy atom. The van der Waals surface area contributed by atoms with E-state index in [-0.39, 0.29) is 5.75 Å². The molecule has 5 rings (SSSR count). The molecule has 0 atom stereocenters. The van der Waals surface area contributed by atoms with Crippen LogP contribution in [0, 0.1) is 0 Å². The van der Waals surface area contributed by atoms with E-state index in [9.17, 15) is 5.11 Å². The fourth-order valence-corrected chi connectivity index (χ4v) is 3.79. The Bertz CT molecular complexity index is 1170. The van der Waals surface area contributed by atoms with Crippen molar-refractivity contribution in [3.63, 3.8) is 0 Å². The molecule has 0 radical (unpaired) electrons. The van der Waals surface area contributed by atoms with Gasteiger partial charge in [0, 0.05) is 46.8 Å². The second kappa shape index (κ2) is 4.86. The summed E-state index contributed by atoms with van der Waals surface area (Å²) in [5.74, 6) is 1.03. The molecular weight excluding hydrogens is 312 g/mol. The highest BCUT2D eigenvalue weighted by Gasteiger charge is 2.25. The number of ether oxygens (including phenoxy) is 1. The third-order valence-electron chi connectivity index (χ3n) is 4.94. The van der Waals surface area contributed by atoms with Crippen molar-refractivity contribution in [2.75, 3.05) is 19.1 Å². The molecule has 0 saturated carbocycles. The zero-order chi connectivity index (χ0) is 17.1. The van der Waals surface area contributed by atoms with Gasteiger partial charge in [0.05, 0.1) is 23.8 Å². The highest BCUT2D eigenvalue weighted by Crippen LogP contribution is 2.50. The number of rotatable bonds is 1. The van der Waals surface area contributed by atoms with Crippen molar-refractivity contribution in [3.8, 4) is 22.6 Å². The first-order valence-electron chi connectivity index (χ1n) is 8.15. The van der Waals surface area contributed by atoms with Crippen LogP contribution in [0.2, 0.25) is 0 Å². The van der Waals surface area contributed by atoms with Gasteiger partial charge >= 0.3 is 0 Å². The molecule has 1 N–H and O–H groups in total. The van der Waals surface area contributed by atoms with Gasteiger partial charge in [0.25, 0.3) is 0 Å². The Balaban J connectivity index is 2.07. The van der Waals surface area contributed by atoms with Crippen LogP contribution < -0.4 is 9.64 Å². The van der Waals surface area contributed by atoms with Crippen LogP contribution in [0.15, 0.2) is 54.6 Å². The predicted octanol–water partition coefficient (Wildman–Crippen LogP) is 4.85. The van der Waals surface area contributed by atoms with Gasteiger partial charge < -0.3 is 14.7 Å². The van der Waals surface area contributed by atoms with Gasteiger partial charge in [0.2, 0.25) is 0 Å². The van der Waals surface area contributed by atoms with E-state index < -0.39 is 0 Å². The molecule has 1 aliphatic heterocycles. The minimum Gasteiger partial charge on any atom is -0.508 e. The molecule has 1 aliphatic rings. The minimum absolute atomic E-state index is 0.247. The van der Waals surface area contributed by atoms with Gasteiger partial charge in [-0.1, -0.05) is 18.2 Å². The average molecular weight is 328 g/mol. The van der Waals surface area contributed by atoms with Crippen molar-refractivity contribution in [2.45, 2.75) is 0 Å². The molecule has 2 heterocycles. The van der Waals surface area contributed by atoms with Crippen LogP contribution in [0.4, 0.5) is 11.4 Å². The summed E-state index contributed by atoms with van der Waals surface area (Å²) in [5.41, 5.74) is 6.19. The molecule has 4 nitrogen and oxygen atoms in total. The summed E-state index contributed by atoms with van der Waals surface area (Å²) in [6, 6.07) is 17.7. The number of phenols is 1. The van der Waals surface area contributed by atoms with Crippen LogP contribution in [0.25, 0.3) is 32.9 Å². The number of aromatic hydroxyl groups is 1. The molecule has 4 heteroatoms. The van der Waals surface area contributed by atoms with Gasteiger partial charge in [-0.25, -0.2) is 4.98 Å². The van der Waals surface area contributed by atoms with Crippen molar-refractivity contribution >= 4 is 33.2 Å². The Labute approximate surface area is 144 Å². The van der Waals surface area contributed by atoms with Gasteiger partial charge in [-0.2, -0.15) is 0 Å². The quantitative estimate of drug-likeness (QED) is 0.507. The Morgan fingerprint density at radius 3 is 2.64 bits per heavy atom. The SMILES string of the molecule is COc1cc2c3c(c4cc(O)ccc4nc3c1)-c1ccccc1N2C. The van der Waals surface area contributed by atoms with Gasteiger partial charge in [-0.3, -0.25) is 0 Å². The lowest BCUT2D eigenvalue weighted by molar-refractivity contribution is 0.415. The molecule has 0 bridgehead atoms. The van der Waals surface area contributed by atoms with E-state index in [1.165, 1.54) is 0 Å². The fraction of sp³-hybridized carbons (Fsp3) is 0.0952. The fourth-order valence-electron chi connectivity index (χ4n) is 3.79. The molecule has 0 spiro atoms. The number of hydrogen-bond donors (Lipinski definition) is 1. The highest BCUT2D eigenvalue weighted by molar-refractivity contribution is 6.19. The van der Waals surface area contributed by atoms with Crippen molar-refractivity contribution in [1.82, 2.24) is 4.98 Å². The summed E-state index contributed by atoms with van der Waals surface area (Å²) < 4.78 is 5.49. The zero-order valence-electron chi connectivity index (χ0n) is 13.9. The number of hydrogen-bond acceptors (Lipinski definition) is 4. The third kappa shape index (κ3) is 1.85. The summed E-state index contributed by atoms with van der Waals surface area (Å²) in [6.07, 6.45) is 0. The van der Waals surface area contributed by atoms with Gasteiger partial charge in [-0.05, 0) is 24.3 Å². The molecule has 0 fully saturated rings. The van der Waals surface area contributed by atoms with Crippen molar-refractivity contribution in [2.24, 2.45) is 0 Å². The van der Waals surface area contributed by atoms with E-state index in [2.05, 4.69) is 24.1 Å². The molecule has 0 unspecified atom stereocenters. The molecule has 4 aromatic rings. The Morgan fingerprint density at radius 1 is 0.960 bits per heavy atom. The van der Waals surface area contributed by atoms with Crippen LogP contribution in [0.3, 0.4) is 0 Å². The van der Waals surface area contributed by atoms with Crippen LogP contribution >= 0.6 is 0 Å². The van der Waals surface area contributed by atoms with E-state index in [0.29, 0.717) is 0 Å². The first kappa shape index (κ1) is 14.1. The molecule has 0 amide bonds. The van der Waals surface area contributed by atoms with Crippen molar-refractivity contribution in [3.05, 3.63) is 54.6 Å². The lowest BCUT2D eigenvalue weighted by Gasteiger charge is -2.31. The Hall–Kier alpha value is -3.27. The van der Waals surface area contributed by atoms with E-state index in [1.54, 1.807) is 19.2 Å². The number of phenolic OH excluding ortho intramolecular Hbond substituents is 1. The number of pyridine rings is 1. The molecule has 122 valence electrons. The summed E-state index contributed by atoms with van der Waals surface area (Å²) in [5, 5.41) is 12.1. The monoisotopic (exact) mass is 328 g/mol. The molecule has 1 aromatic heterocycles. The van der Waals surface area contributed by atoms with E-state index in [4.69, 9.17) is 9.72 Å². The van der Waals surface area contributed by atoms with E-state index in [1.807, 2.05) is 30.3 Å². The minimum atomic E-state index is 0.247.